The lowest BCUT2D eigenvalue weighted by molar-refractivity contribution is -0.124. The van der Waals surface area contributed by atoms with Gasteiger partial charge in [-0.3, -0.25) is 14.4 Å². The minimum absolute atomic E-state index is 0.0541. The number of unbranched alkanes of at least 4 members (excludes halogenated alkanes) is 3. The quantitative estimate of drug-likeness (QED) is 0.0894. The van der Waals surface area contributed by atoms with Crippen LogP contribution in [-0.4, -0.2) is 102 Å². The van der Waals surface area contributed by atoms with E-state index in [1.54, 1.807) is 19.9 Å². The first-order chi connectivity index (χ1) is 25.5. The summed E-state index contributed by atoms with van der Waals surface area (Å²) in [6, 6.07) is 4.09. The number of aromatic nitrogens is 1. The van der Waals surface area contributed by atoms with Crippen LogP contribution in [0.25, 0.3) is 11.6 Å². The Morgan fingerprint density at radius 3 is 2.31 bits per heavy atom. The van der Waals surface area contributed by atoms with E-state index in [1.807, 2.05) is 48.5 Å². The first kappa shape index (κ1) is 44.3. The fourth-order valence-corrected chi connectivity index (χ4v) is 6.11. The van der Waals surface area contributed by atoms with Crippen molar-refractivity contribution in [1.82, 2.24) is 20.1 Å². The minimum Gasteiger partial charge on any atom is -0.449 e. The average molecular weight is 756 g/mol. The highest BCUT2D eigenvalue weighted by Gasteiger charge is 2.30. The molecule has 0 aliphatic carbocycles. The summed E-state index contributed by atoms with van der Waals surface area (Å²) in [6.07, 6.45) is 4.95. The largest absolute Gasteiger partial charge is 0.449 e. The molecule has 1 aliphatic rings. The molecule has 1 aromatic heterocycles. The number of rotatable bonds is 21. The number of hydrogen-bond donors (Lipinski definition) is 3. The number of fused-ring (bicyclic) bond motifs is 1. The van der Waals surface area contributed by atoms with Crippen molar-refractivity contribution < 1.29 is 37.8 Å². The van der Waals surface area contributed by atoms with Crippen LogP contribution in [0.4, 0.5) is 14.9 Å². The van der Waals surface area contributed by atoms with Gasteiger partial charge in [-0.2, -0.15) is 0 Å². The molecule has 13 heteroatoms. The Bertz CT molecular complexity index is 1620. The van der Waals surface area contributed by atoms with E-state index in [4.69, 9.17) is 14.2 Å². The smallest absolute Gasteiger partial charge is 0.416 e. The molecule has 2 aromatic rings. The van der Waals surface area contributed by atoms with Crippen LogP contribution in [0.2, 0.25) is 0 Å². The zero-order valence-corrected chi connectivity index (χ0v) is 33.8. The third kappa shape index (κ3) is 13.7. The van der Waals surface area contributed by atoms with Gasteiger partial charge >= 0.3 is 6.09 Å². The molecule has 12 nitrogen and oxygen atoms in total. The number of aromatic amines is 1. The molecule has 4 amide bonds. The van der Waals surface area contributed by atoms with Crippen molar-refractivity contribution in [2.75, 3.05) is 57.9 Å². The highest BCUT2D eigenvalue weighted by Crippen LogP contribution is 2.34. The van der Waals surface area contributed by atoms with Gasteiger partial charge in [0.1, 0.15) is 5.82 Å². The topological polar surface area (TPSA) is 142 Å². The Labute approximate surface area is 320 Å². The second-order valence-corrected chi connectivity index (χ2v) is 15.3. The van der Waals surface area contributed by atoms with Gasteiger partial charge in [0, 0.05) is 55.3 Å². The van der Waals surface area contributed by atoms with Gasteiger partial charge < -0.3 is 34.7 Å². The number of aryl methyl sites for hydroxylation is 1. The van der Waals surface area contributed by atoms with Gasteiger partial charge in [0.2, 0.25) is 5.91 Å². The van der Waals surface area contributed by atoms with Crippen LogP contribution < -0.4 is 10.6 Å². The molecular formula is C41H62FN5O7. The summed E-state index contributed by atoms with van der Waals surface area (Å²) in [5.74, 6) is -1.39. The Kier molecular flexibility index (Phi) is 16.9. The summed E-state index contributed by atoms with van der Waals surface area (Å²) < 4.78 is 31.3. The molecule has 1 aromatic carbocycles. The number of benzene rings is 1. The molecule has 3 N–H and O–H groups in total. The average Bonchev–Trinajstić information content (AvgIpc) is 3.55. The molecule has 3 rings (SSSR count). The molecule has 0 radical (unpaired) electrons. The molecule has 1 aliphatic heterocycles. The number of H-pyrrole nitrogens is 1. The number of carbonyl (C=O) groups is 4. The third-order valence-corrected chi connectivity index (χ3v) is 9.42. The van der Waals surface area contributed by atoms with Gasteiger partial charge in [0.25, 0.3) is 11.8 Å². The predicted octanol–water partition coefficient (Wildman–Crippen LogP) is 7.25. The SMILES string of the molecule is CCN(CC)CCN(C(=O)OCCCCCCNC(=O)CCOC(C)(C)CCOC(C)(C)C)C(=O)c1c(C)[nH]c(C=C2C(=O)Nc3ccc(F)cc32)c1C. The van der Waals surface area contributed by atoms with Crippen LogP contribution in [0.5, 0.6) is 0 Å². The molecular weight excluding hydrogens is 693 g/mol. The zero-order chi connectivity index (χ0) is 40.1. The first-order valence-corrected chi connectivity index (χ1v) is 19.2. The summed E-state index contributed by atoms with van der Waals surface area (Å²) in [6.45, 7) is 21.4. The zero-order valence-electron chi connectivity index (χ0n) is 33.8. The number of carbonyl (C=O) groups excluding carboxylic acids is 4. The van der Waals surface area contributed by atoms with Gasteiger partial charge in [-0.15, -0.1) is 0 Å². The molecule has 0 atom stereocenters. The second-order valence-electron chi connectivity index (χ2n) is 15.3. The summed E-state index contributed by atoms with van der Waals surface area (Å²) in [5.41, 5.74) is 2.58. The van der Waals surface area contributed by atoms with Gasteiger partial charge in [0.05, 0.1) is 35.6 Å². The van der Waals surface area contributed by atoms with Crippen molar-refractivity contribution in [3.8, 4) is 0 Å². The van der Waals surface area contributed by atoms with Crippen LogP contribution in [0.3, 0.4) is 0 Å². The number of halogens is 1. The predicted molar refractivity (Wildman–Crippen MR) is 210 cm³/mol. The number of hydrogen-bond acceptors (Lipinski definition) is 8. The maximum atomic E-state index is 14.0. The van der Waals surface area contributed by atoms with E-state index in [0.29, 0.717) is 66.5 Å². The van der Waals surface area contributed by atoms with Crippen molar-refractivity contribution in [3.05, 3.63) is 52.1 Å². The van der Waals surface area contributed by atoms with E-state index in [2.05, 4.69) is 20.5 Å². The maximum absolute atomic E-state index is 14.0. The summed E-state index contributed by atoms with van der Waals surface area (Å²) >= 11 is 0. The van der Waals surface area contributed by atoms with Crippen molar-refractivity contribution in [3.63, 3.8) is 0 Å². The van der Waals surface area contributed by atoms with Crippen LogP contribution in [0.1, 0.15) is 120 Å². The van der Waals surface area contributed by atoms with E-state index in [9.17, 15) is 23.6 Å². The lowest BCUT2D eigenvalue weighted by Crippen LogP contribution is -2.43. The number of likely N-dealkylation sites (N-methyl/N-ethyl adjacent to an activating group) is 1. The second kappa shape index (κ2) is 20.6. The standard InChI is InChI=1S/C41H62FN5O7/c1-10-46(11-2)21-22-47(38(50)36-28(3)34(44-29(36)4)27-32-31-26-30(42)16-17-33(31)45-37(32)49)39(51)52-23-15-13-12-14-20-43-35(48)18-24-54-41(8,9)19-25-53-40(5,6)7/h16-17,26-27,44H,10-15,18-25H2,1-9H3,(H,43,48)(H,45,49). The van der Waals surface area contributed by atoms with Gasteiger partial charge in [0.15, 0.2) is 0 Å². The number of ether oxygens (including phenoxy) is 3. The summed E-state index contributed by atoms with van der Waals surface area (Å²) in [4.78, 5) is 58.9. The number of anilines is 1. The minimum atomic E-state index is -0.717. The van der Waals surface area contributed by atoms with Crippen LogP contribution in [-0.2, 0) is 23.8 Å². The molecule has 0 saturated heterocycles. The van der Waals surface area contributed by atoms with E-state index in [-0.39, 0.29) is 48.2 Å². The number of imide groups is 1. The lowest BCUT2D eigenvalue weighted by atomic mass is 10.0. The van der Waals surface area contributed by atoms with Crippen LogP contribution in [0, 0.1) is 19.7 Å². The number of nitrogens with zero attached hydrogens (tertiary/aromatic N) is 2. The van der Waals surface area contributed by atoms with Gasteiger partial charge in [-0.05, 0) is 117 Å². The van der Waals surface area contributed by atoms with Gasteiger partial charge in [-0.25, -0.2) is 14.1 Å². The Morgan fingerprint density at radius 2 is 1.63 bits per heavy atom. The maximum Gasteiger partial charge on any atom is 0.416 e. The highest BCUT2D eigenvalue weighted by atomic mass is 19.1. The molecule has 0 spiro atoms. The molecule has 300 valence electrons. The summed E-state index contributed by atoms with van der Waals surface area (Å²) in [5, 5.41) is 5.68. The van der Waals surface area contributed by atoms with Gasteiger partial charge in [-0.1, -0.05) is 20.3 Å². The number of nitrogens with one attached hydrogen (secondary N) is 3. The number of amides is 4. The first-order valence-electron chi connectivity index (χ1n) is 19.2. The molecule has 54 heavy (non-hydrogen) atoms. The van der Waals surface area contributed by atoms with E-state index in [0.717, 1.165) is 43.7 Å². The van der Waals surface area contributed by atoms with E-state index >= 15 is 0 Å². The third-order valence-electron chi connectivity index (χ3n) is 9.42. The molecule has 0 fully saturated rings. The molecule has 0 saturated carbocycles. The van der Waals surface area contributed by atoms with Crippen molar-refractivity contribution in [2.24, 2.45) is 0 Å². The van der Waals surface area contributed by atoms with Crippen LogP contribution in [0.15, 0.2) is 18.2 Å². The Morgan fingerprint density at radius 1 is 0.926 bits per heavy atom. The highest BCUT2D eigenvalue weighted by molar-refractivity contribution is 6.35. The lowest BCUT2D eigenvalue weighted by Gasteiger charge is -2.27. The molecule has 0 bridgehead atoms. The van der Waals surface area contributed by atoms with Crippen molar-refractivity contribution in [2.45, 2.75) is 112 Å². The molecule has 0 unspecified atom stereocenters. The monoisotopic (exact) mass is 755 g/mol. The molecule has 2 heterocycles. The Hall–Kier alpha value is -4.07. The Balaban J connectivity index is 1.49. The van der Waals surface area contributed by atoms with Crippen molar-refractivity contribution >= 4 is 41.2 Å². The summed E-state index contributed by atoms with van der Waals surface area (Å²) in [7, 11) is 0. The van der Waals surface area contributed by atoms with E-state index < -0.39 is 17.8 Å². The fourth-order valence-electron chi connectivity index (χ4n) is 6.11. The van der Waals surface area contributed by atoms with E-state index in [1.165, 1.54) is 18.2 Å². The fraction of sp³-hybridized carbons (Fsp3) is 0.610. The normalized spacial score (nSPS) is 13.7. The van der Waals surface area contributed by atoms with Crippen molar-refractivity contribution in [1.29, 1.82) is 0 Å². The van der Waals surface area contributed by atoms with Crippen LogP contribution >= 0.6 is 0 Å².